The number of hydrogen-bond acceptors (Lipinski definition) is 7. The lowest BCUT2D eigenvalue weighted by Gasteiger charge is -2.32. The van der Waals surface area contributed by atoms with Crippen LogP contribution in [0.15, 0.2) is 23.1 Å². The lowest BCUT2D eigenvalue weighted by atomic mass is 10.2. The molecule has 22 heavy (non-hydrogen) atoms. The molecule has 1 fully saturated rings. The van der Waals surface area contributed by atoms with Gasteiger partial charge in [-0.25, -0.2) is 9.97 Å². The molecular weight excluding hydrogens is 286 g/mol. The summed E-state index contributed by atoms with van der Waals surface area (Å²) in [5.41, 5.74) is 1.00. The number of oxazole rings is 1. The third-order valence-electron chi connectivity index (χ3n) is 3.46. The third-order valence-corrected chi connectivity index (χ3v) is 3.46. The average molecular weight is 303 g/mol. The monoisotopic (exact) mass is 303 g/mol. The fourth-order valence-electron chi connectivity index (χ4n) is 2.40. The number of ether oxygens (including phenoxy) is 1. The quantitative estimate of drug-likeness (QED) is 0.905. The average Bonchev–Trinajstić information content (AvgIpc) is 3.00. The summed E-state index contributed by atoms with van der Waals surface area (Å²) in [6.45, 7) is 3.05. The second-order valence-electron chi connectivity index (χ2n) is 4.90. The van der Waals surface area contributed by atoms with Crippen LogP contribution in [0.3, 0.4) is 0 Å². The summed E-state index contributed by atoms with van der Waals surface area (Å²) < 4.78 is 10.8. The van der Waals surface area contributed by atoms with E-state index in [-0.39, 0.29) is 12.0 Å². The number of amides is 1. The van der Waals surface area contributed by atoms with Gasteiger partial charge >= 0.3 is 0 Å². The van der Waals surface area contributed by atoms with E-state index in [0.29, 0.717) is 42.8 Å². The van der Waals surface area contributed by atoms with E-state index in [9.17, 15) is 4.79 Å². The minimum Gasteiger partial charge on any atom is -0.448 e. The molecule has 0 aliphatic carbocycles. The molecule has 1 aliphatic rings. The van der Waals surface area contributed by atoms with Gasteiger partial charge in [-0.15, -0.1) is 0 Å². The van der Waals surface area contributed by atoms with Crippen LogP contribution in [0.4, 0.5) is 5.82 Å². The molecule has 0 bridgehead atoms. The second kappa shape index (κ2) is 6.10. The van der Waals surface area contributed by atoms with Crippen molar-refractivity contribution in [3.8, 4) is 0 Å². The molecule has 8 nitrogen and oxygen atoms in total. The predicted octanol–water partition coefficient (Wildman–Crippen LogP) is 1.03. The van der Waals surface area contributed by atoms with Crippen molar-refractivity contribution >= 4 is 11.7 Å². The molecule has 3 rings (SSSR count). The van der Waals surface area contributed by atoms with Crippen LogP contribution in [-0.4, -0.2) is 52.5 Å². The molecule has 0 saturated carbocycles. The summed E-state index contributed by atoms with van der Waals surface area (Å²) in [6.07, 6.45) is 4.28. The van der Waals surface area contributed by atoms with Gasteiger partial charge in [0.2, 0.25) is 0 Å². The Bertz CT molecular complexity index is 672. The molecule has 1 saturated heterocycles. The van der Waals surface area contributed by atoms with Crippen LogP contribution in [0, 0.1) is 6.92 Å². The summed E-state index contributed by atoms with van der Waals surface area (Å²) in [5.74, 6) is 0.957. The number of anilines is 1. The molecule has 1 unspecified atom stereocenters. The van der Waals surface area contributed by atoms with Gasteiger partial charge in [0.25, 0.3) is 5.91 Å². The van der Waals surface area contributed by atoms with Crippen molar-refractivity contribution in [3.63, 3.8) is 0 Å². The summed E-state index contributed by atoms with van der Waals surface area (Å²) >= 11 is 0. The van der Waals surface area contributed by atoms with Crippen molar-refractivity contribution in [2.75, 3.05) is 32.1 Å². The molecule has 1 amide bonds. The molecule has 1 aliphatic heterocycles. The number of nitrogens with one attached hydrogen (secondary N) is 1. The lowest BCUT2D eigenvalue weighted by molar-refractivity contribution is -0.0247. The van der Waals surface area contributed by atoms with Crippen LogP contribution in [0.2, 0.25) is 0 Å². The first kappa shape index (κ1) is 14.5. The zero-order valence-corrected chi connectivity index (χ0v) is 12.4. The van der Waals surface area contributed by atoms with Crippen molar-refractivity contribution in [2.45, 2.75) is 13.0 Å². The van der Waals surface area contributed by atoms with E-state index in [0.717, 1.165) is 0 Å². The van der Waals surface area contributed by atoms with Gasteiger partial charge < -0.3 is 19.4 Å². The molecule has 8 heteroatoms. The Hall–Kier alpha value is -2.48. The fraction of sp³-hybridized carbons (Fsp3) is 0.429. The molecule has 2 aromatic heterocycles. The Morgan fingerprint density at radius 3 is 2.95 bits per heavy atom. The number of carbonyl (C=O) groups is 1. The highest BCUT2D eigenvalue weighted by Crippen LogP contribution is 2.25. The van der Waals surface area contributed by atoms with Gasteiger partial charge in [0.05, 0.1) is 13.2 Å². The fourth-order valence-corrected chi connectivity index (χ4v) is 2.40. The second-order valence-corrected chi connectivity index (χ2v) is 4.90. The Kier molecular flexibility index (Phi) is 4.01. The first-order valence-electron chi connectivity index (χ1n) is 7.00. The topological polar surface area (TPSA) is 93.4 Å². The molecule has 1 atom stereocenters. The first-order valence-corrected chi connectivity index (χ1v) is 7.00. The summed E-state index contributed by atoms with van der Waals surface area (Å²) in [6, 6.07) is 0. The largest absolute Gasteiger partial charge is 0.448 e. The van der Waals surface area contributed by atoms with Crippen LogP contribution < -0.4 is 5.32 Å². The van der Waals surface area contributed by atoms with E-state index in [4.69, 9.17) is 9.15 Å². The van der Waals surface area contributed by atoms with Gasteiger partial charge in [-0.1, -0.05) is 0 Å². The van der Waals surface area contributed by atoms with E-state index in [2.05, 4.69) is 20.3 Å². The number of nitrogens with zero attached hydrogens (tertiary/aromatic N) is 4. The SMILES string of the molecule is CNc1nccnc1C1CN(C(=O)c2coc(C)n2)CCO1. The zero-order chi connectivity index (χ0) is 15.5. The van der Waals surface area contributed by atoms with Crippen LogP contribution in [0.25, 0.3) is 0 Å². The lowest BCUT2D eigenvalue weighted by Crippen LogP contribution is -2.42. The van der Waals surface area contributed by atoms with Gasteiger partial charge in [0.15, 0.2) is 11.6 Å². The summed E-state index contributed by atoms with van der Waals surface area (Å²) in [5, 5.41) is 2.99. The van der Waals surface area contributed by atoms with Crippen LogP contribution in [0.1, 0.15) is 28.2 Å². The smallest absolute Gasteiger partial charge is 0.275 e. The van der Waals surface area contributed by atoms with Gasteiger partial charge in [0.1, 0.15) is 23.9 Å². The normalized spacial score (nSPS) is 18.3. The van der Waals surface area contributed by atoms with E-state index in [1.807, 2.05) is 0 Å². The van der Waals surface area contributed by atoms with Gasteiger partial charge in [-0.05, 0) is 0 Å². The van der Waals surface area contributed by atoms with Gasteiger partial charge in [-0.3, -0.25) is 9.78 Å². The molecule has 116 valence electrons. The van der Waals surface area contributed by atoms with E-state index in [1.165, 1.54) is 6.26 Å². The molecule has 0 aromatic carbocycles. The summed E-state index contributed by atoms with van der Waals surface area (Å²) in [7, 11) is 1.78. The predicted molar refractivity (Wildman–Crippen MR) is 77.4 cm³/mol. The summed E-state index contributed by atoms with van der Waals surface area (Å²) in [4.78, 5) is 26.8. The van der Waals surface area contributed by atoms with Gasteiger partial charge in [-0.2, -0.15) is 0 Å². The maximum absolute atomic E-state index is 12.4. The van der Waals surface area contributed by atoms with Crippen LogP contribution in [-0.2, 0) is 4.74 Å². The highest BCUT2D eigenvalue weighted by Gasteiger charge is 2.29. The van der Waals surface area contributed by atoms with E-state index >= 15 is 0 Å². The Balaban J connectivity index is 1.78. The Labute approximate surface area is 127 Å². The standard InChI is InChI=1S/C14H17N5O3/c1-9-18-10(8-22-9)14(20)19-5-6-21-11(7-19)12-13(15-2)17-4-3-16-12/h3-4,8,11H,5-7H2,1-2H3,(H,15,17). The van der Waals surface area contributed by atoms with Crippen molar-refractivity contribution in [3.05, 3.63) is 35.9 Å². The molecular formula is C14H17N5O3. The molecule has 0 radical (unpaired) electrons. The highest BCUT2D eigenvalue weighted by atomic mass is 16.5. The number of rotatable bonds is 3. The number of aryl methyl sites for hydroxylation is 1. The van der Waals surface area contributed by atoms with E-state index < -0.39 is 0 Å². The number of morpholine rings is 1. The molecule has 2 aromatic rings. The minimum atomic E-state index is -0.318. The third kappa shape index (κ3) is 2.77. The number of carbonyl (C=O) groups excluding carboxylic acids is 1. The van der Waals surface area contributed by atoms with Gasteiger partial charge in [0, 0.05) is 32.9 Å². The maximum Gasteiger partial charge on any atom is 0.275 e. The molecule has 3 heterocycles. The van der Waals surface area contributed by atoms with Crippen molar-refractivity contribution < 1.29 is 13.9 Å². The first-order chi connectivity index (χ1) is 10.7. The molecule has 1 N–H and O–H groups in total. The van der Waals surface area contributed by atoms with Crippen LogP contribution in [0.5, 0.6) is 0 Å². The number of aromatic nitrogens is 3. The van der Waals surface area contributed by atoms with Crippen molar-refractivity contribution in [2.24, 2.45) is 0 Å². The van der Waals surface area contributed by atoms with Crippen molar-refractivity contribution in [1.29, 1.82) is 0 Å². The number of hydrogen-bond donors (Lipinski definition) is 1. The maximum atomic E-state index is 12.4. The van der Waals surface area contributed by atoms with Crippen LogP contribution >= 0.6 is 0 Å². The highest BCUT2D eigenvalue weighted by molar-refractivity contribution is 5.92. The van der Waals surface area contributed by atoms with Crippen molar-refractivity contribution in [1.82, 2.24) is 19.9 Å². The molecule has 0 spiro atoms. The zero-order valence-electron chi connectivity index (χ0n) is 12.4. The minimum absolute atomic E-state index is 0.167. The Morgan fingerprint density at radius 2 is 2.23 bits per heavy atom. The Morgan fingerprint density at radius 1 is 1.41 bits per heavy atom. The van der Waals surface area contributed by atoms with E-state index in [1.54, 1.807) is 31.3 Å².